The van der Waals surface area contributed by atoms with Gasteiger partial charge in [-0.3, -0.25) is 14.2 Å². The quantitative estimate of drug-likeness (QED) is 0.470. The van der Waals surface area contributed by atoms with Crippen molar-refractivity contribution in [3.05, 3.63) is 64.4 Å². The Bertz CT molecular complexity index is 1120. The summed E-state index contributed by atoms with van der Waals surface area (Å²) in [6, 6.07) is 16.5. The van der Waals surface area contributed by atoms with E-state index in [-0.39, 0.29) is 23.3 Å². The molecule has 0 spiro atoms. The van der Waals surface area contributed by atoms with Crippen LogP contribution in [-0.4, -0.2) is 21.2 Å². The average Bonchev–Trinajstić information content (AvgIpc) is 2.73. The smallest absolute Gasteiger partial charge is 0.262 e. The lowest BCUT2D eigenvalue weighted by Gasteiger charge is -2.18. The fourth-order valence-electron chi connectivity index (χ4n) is 2.92. The molecule has 1 heterocycles. The molecule has 3 rings (SSSR count). The molecule has 0 aliphatic rings. The maximum absolute atomic E-state index is 13.0. The molecule has 7 heteroatoms. The van der Waals surface area contributed by atoms with Crippen molar-refractivity contribution in [3.63, 3.8) is 0 Å². The number of benzene rings is 2. The van der Waals surface area contributed by atoms with Crippen molar-refractivity contribution in [1.82, 2.24) is 9.55 Å². The fourth-order valence-corrected chi connectivity index (χ4v) is 3.82. The van der Waals surface area contributed by atoms with Crippen molar-refractivity contribution >= 4 is 34.3 Å². The lowest BCUT2D eigenvalue weighted by molar-refractivity contribution is -0.113. The topological polar surface area (TPSA) is 87.8 Å². The van der Waals surface area contributed by atoms with Crippen LogP contribution in [0.5, 0.6) is 0 Å². The van der Waals surface area contributed by atoms with Crippen LogP contribution in [0.4, 0.5) is 5.69 Å². The van der Waals surface area contributed by atoms with Gasteiger partial charge in [-0.05, 0) is 43.2 Å². The number of nitriles is 1. The summed E-state index contributed by atoms with van der Waals surface area (Å²) in [6.45, 7) is 3.99. The van der Waals surface area contributed by atoms with Gasteiger partial charge in [0.05, 0.1) is 29.1 Å². The molecule has 0 aliphatic carbocycles. The zero-order valence-electron chi connectivity index (χ0n) is 16.4. The monoisotopic (exact) mass is 406 g/mol. The molecule has 0 radical (unpaired) electrons. The highest BCUT2D eigenvalue weighted by Gasteiger charge is 2.16. The average molecular weight is 407 g/mol. The van der Waals surface area contributed by atoms with E-state index in [4.69, 9.17) is 5.26 Å². The van der Waals surface area contributed by atoms with E-state index in [0.717, 1.165) is 12.0 Å². The first-order valence-corrected chi connectivity index (χ1v) is 10.4. The Balaban J connectivity index is 1.78. The summed E-state index contributed by atoms with van der Waals surface area (Å²) in [5, 5.41) is 12.7. The van der Waals surface area contributed by atoms with Gasteiger partial charge in [-0.25, -0.2) is 4.98 Å². The fraction of sp³-hybridized carbons (Fsp3) is 0.273. The van der Waals surface area contributed by atoms with E-state index in [1.54, 1.807) is 22.8 Å². The molecule has 0 bridgehead atoms. The van der Waals surface area contributed by atoms with Crippen molar-refractivity contribution in [2.24, 2.45) is 0 Å². The Morgan fingerprint density at radius 2 is 1.97 bits per heavy atom. The molecule has 0 saturated heterocycles. The molecule has 0 unspecified atom stereocenters. The number of carbonyl (C=O) groups is 1. The van der Waals surface area contributed by atoms with Crippen molar-refractivity contribution in [1.29, 1.82) is 5.26 Å². The second kappa shape index (κ2) is 9.39. The molecule has 29 heavy (non-hydrogen) atoms. The zero-order valence-corrected chi connectivity index (χ0v) is 17.2. The normalized spacial score (nSPS) is 11.8. The van der Waals surface area contributed by atoms with Gasteiger partial charge in [-0.15, -0.1) is 0 Å². The van der Waals surface area contributed by atoms with E-state index in [2.05, 4.69) is 16.4 Å². The third-order valence-electron chi connectivity index (χ3n) is 4.66. The molecule has 0 aliphatic heterocycles. The molecular weight excluding hydrogens is 384 g/mol. The number of aromatic nitrogens is 2. The Hall–Kier alpha value is -3.11. The standard InChI is InChI=1S/C22H22N4O2S/c1-3-15(2)26-21(28)18-6-4-5-7-19(18)25-22(26)29-14-20(27)24-17-10-8-16(9-11-17)12-13-23/h4-11,15H,3,12,14H2,1-2H3,(H,24,27)/t15-/m1/s1. The molecule has 0 saturated carbocycles. The van der Waals surface area contributed by atoms with Crippen LogP contribution in [0.25, 0.3) is 10.9 Å². The molecule has 1 amide bonds. The molecule has 148 valence electrons. The van der Waals surface area contributed by atoms with E-state index in [9.17, 15) is 9.59 Å². The van der Waals surface area contributed by atoms with Gasteiger partial charge >= 0.3 is 0 Å². The highest BCUT2D eigenvalue weighted by atomic mass is 32.2. The van der Waals surface area contributed by atoms with Gasteiger partial charge < -0.3 is 5.32 Å². The SMILES string of the molecule is CC[C@@H](C)n1c(SCC(=O)Nc2ccc(CC#N)cc2)nc2ccccc2c1=O. The second-order valence-corrected chi connectivity index (χ2v) is 7.66. The van der Waals surface area contributed by atoms with Crippen LogP contribution in [0.1, 0.15) is 31.9 Å². The first-order chi connectivity index (χ1) is 14.0. The van der Waals surface area contributed by atoms with Crippen LogP contribution >= 0.6 is 11.8 Å². The number of thioether (sulfide) groups is 1. The van der Waals surface area contributed by atoms with E-state index in [1.807, 2.05) is 44.2 Å². The third-order valence-corrected chi connectivity index (χ3v) is 5.61. The number of rotatable bonds is 7. The summed E-state index contributed by atoms with van der Waals surface area (Å²) in [7, 11) is 0. The van der Waals surface area contributed by atoms with Gasteiger partial charge in [0.2, 0.25) is 5.91 Å². The maximum Gasteiger partial charge on any atom is 0.262 e. The lowest BCUT2D eigenvalue weighted by Crippen LogP contribution is -2.26. The first-order valence-electron chi connectivity index (χ1n) is 9.43. The third kappa shape index (κ3) is 4.84. The van der Waals surface area contributed by atoms with Crippen molar-refractivity contribution in [2.75, 3.05) is 11.1 Å². The minimum absolute atomic E-state index is 0.0159. The highest BCUT2D eigenvalue weighted by molar-refractivity contribution is 7.99. The van der Waals surface area contributed by atoms with Gasteiger partial charge in [-0.2, -0.15) is 5.26 Å². The van der Waals surface area contributed by atoms with Crippen LogP contribution in [0, 0.1) is 11.3 Å². The predicted molar refractivity (Wildman–Crippen MR) is 116 cm³/mol. The molecule has 6 nitrogen and oxygen atoms in total. The molecule has 3 aromatic rings. The van der Waals surface area contributed by atoms with Crippen molar-refractivity contribution in [3.8, 4) is 6.07 Å². The van der Waals surface area contributed by atoms with Gasteiger partial charge in [0, 0.05) is 11.7 Å². The summed E-state index contributed by atoms with van der Waals surface area (Å²) in [6.07, 6.45) is 1.12. The second-order valence-electron chi connectivity index (χ2n) is 6.71. The molecule has 2 aromatic carbocycles. The number of amides is 1. The number of anilines is 1. The summed E-state index contributed by atoms with van der Waals surface area (Å²) in [4.78, 5) is 30.0. The van der Waals surface area contributed by atoms with E-state index < -0.39 is 0 Å². The van der Waals surface area contributed by atoms with Crippen molar-refractivity contribution in [2.45, 2.75) is 37.9 Å². The van der Waals surface area contributed by atoms with Crippen LogP contribution < -0.4 is 10.9 Å². The highest BCUT2D eigenvalue weighted by Crippen LogP contribution is 2.22. The Labute approximate surface area is 173 Å². The minimum Gasteiger partial charge on any atom is -0.325 e. The number of fused-ring (bicyclic) bond motifs is 1. The number of hydrogen-bond acceptors (Lipinski definition) is 5. The first kappa shape index (κ1) is 20.6. The molecule has 0 fully saturated rings. The Kier molecular flexibility index (Phi) is 6.68. The van der Waals surface area contributed by atoms with Crippen LogP contribution in [0.15, 0.2) is 58.5 Å². The molecule has 1 atom stereocenters. The number of para-hydroxylation sites is 1. The number of carbonyl (C=O) groups excluding carboxylic acids is 1. The number of nitrogens with zero attached hydrogens (tertiary/aromatic N) is 3. The van der Waals surface area contributed by atoms with Gasteiger partial charge in [0.15, 0.2) is 5.16 Å². The minimum atomic E-state index is -0.179. The van der Waals surface area contributed by atoms with Crippen LogP contribution in [0.2, 0.25) is 0 Å². The van der Waals surface area contributed by atoms with Gasteiger partial charge in [0.1, 0.15) is 0 Å². The molecule has 1 N–H and O–H groups in total. The largest absolute Gasteiger partial charge is 0.325 e. The Morgan fingerprint density at radius 3 is 2.66 bits per heavy atom. The van der Waals surface area contributed by atoms with Crippen LogP contribution in [0.3, 0.4) is 0 Å². The van der Waals surface area contributed by atoms with Crippen molar-refractivity contribution < 1.29 is 4.79 Å². The number of hydrogen-bond donors (Lipinski definition) is 1. The summed E-state index contributed by atoms with van der Waals surface area (Å²) < 4.78 is 1.68. The summed E-state index contributed by atoms with van der Waals surface area (Å²) in [5.74, 6) is -0.0395. The van der Waals surface area contributed by atoms with Gasteiger partial charge in [-0.1, -0.05) is 43.0 Å². The summed E-state index contributed by atoms with van der Waals surface area (Å²) >= 11 is 1.26. The Morgan fingerprint density at radius 1 is 1.24 bits per heavy atom. The predicted octanol–water partition coefficient (Wildman–Crippen LogP) is 4.16. The molecule has 1 aromatic heterocycles. The number of nitrogens with one attached hydrogen (secondary N) is 1. The van der Waals surface area contributed by atoms with E-state index in [0.29, 0.717) is 28.2 Å². The summed E-state index contributed by atoms with van der Waals surface area (Å²) in [5.41, 5.74) is 2.12. The van der Waals surface area contributed by atoms with Crippen LogP contribution in [-0.2, 0) is 11.2 Å². The maximum atomic E-state index is 13.0. The zero-order chi connectivity index (χ0) is 20.8. The lowest BCUT2D eigenvalue weighted by atomic mass is 10.1. The van der Waals surface area contributed by atoms with E-state index in [1.165, 1.54) is 11.8 Å². The van der Waals surface area contributed by atoms with E-state index >= 15 is 0 Å². The molecular formula is C22H22N4O2S. The van der Waals surface area contributed by atoms with Gasteiger partial charge in [0.25, 0.3) is 5.56 Å².